The Labute approximate surface area is 103 Å². The van der Waals surface area contributed by atoms with Crippen LogP contribution in [0.25, 0.3) is 0 Å². The summed E-state index contributed by atoms with van der Waals surface area (Å²) >= 11 is 0. The second-order valence-electron chi connectivity index (χ2n) is 6.26. The van der Waals surface area contributed by atoms with E-state index in [0.29, 0.717) is 6.54 Å². The first-order valence-electron chi connectivity index (χ1n) is 5.81. The standard InChI is InChI=1S/C12H22N4O/c1-11(2,3)10(17)13-7-9-8-16(15-14-9)12(4,5)6/h8H,7H2,1-6H3,(H,13,17). The molecule has 96 valence electrons. The van der Waals surface area contributed by atoms with Crippen LogP contribution >= 0.6 is 0 Å². The number of rotatable bonds is 2. The minimum atomic E-state index is -0.375. The molecule has 0 bridgehead atoms. The van der Waals surface area contributed by atoms with Crippen LogP contribution in [0.1, 0.15) is 47.2 Å². The lowest BCUT2D eigenvalue weighted by atomic mass is 9.96. The summed E-state index contributed by atoms with van der Waals surface area (Å²) in [4.78, 5) is 11.7. The fraction of sp³-hybridized carbons (Fsp3) is 0.750. The molecule has 0 atom stereocenters. The fourth-order valence-electron chi connectivity index (χ4n) is 1.14. The van der Waals surface area contributed by atoms with Crippen molar-refractivity contribution in [1.29, 1.82) is 0 Å². The third-order valence-electron chi connectivity index (χ3n) is 2.34. The zero-order valence-corrected chi connectivity index (χ0v) is 11.5. The average Bonchev–Trinajstić information content (AvgIpc) is 2.59. The first-order valence-corrected chi connectivity index (χ1v) is 5.81. The summed E-state index contributed by atoms with van der Waals surface area (Å²) in [7, 11) is 0. The second-order valence-corrected chi connectivity index (χ2v) is 6.26. The van der Waals surface area contributed by atoms with E-state index >= 15 is 0 Å². The van der Waals surface area contributed by atoms with Crippen LogP contribution < -0.4 is 5.32 Å². The van der Waals surface area contributed by atoms with Crippen LogP contribution in [0.15, 0.2) is 6.20 Å². The van der Waals surface area contributed by atoms with Gasteiger partial charge in [0, 0.05) is 5.41 Å². The maximum atomic E-state index is 11.7. The highest BCUT2D eigenvalue weighted by atomic mass is 16.2. The van der Waals surface area contributed by atoms with Gasteiger partial charge in [0.15, 0.2) is 0 Å². The maximum Gasteiger partial charge on any atom is 0.225 e. The molecule has 1 N–H and O–H groups in total. The minimum Gasteiger partial charge on any atom is -0.350 e. The molecule has 0 radical (unpaired) electrons. The predicted molar refractivity (Wildman–Crippen MR) is 66.3 cm³/mol. The Hall–Kier alpha value is -1.39. The van der Waals surface area contributed by atoms with E-state index in [1.165, 1.54) is 0 Å². The van der Waals surface area contributed by atoms with Crippen molar-refractivity contribution in [3.63, 3.8) is 0 Å². The lowest BCUT2D eigenvalue weighted by Gasteiger charge is -2.18. The summed E-state index contributed by atoms with van der Waals surface area (Å²) in [5.41, 5.74) is 0.316. The first kappa shape index (κ1) is 13.7. The van der Waals surface area contributed by atoms with Crippen molar-refractivity contribution in [1.82, 2.24) is 20.3 Å². The molecule has 0 saturated carbocycles. The van der Waals surface area contributed by atoms with Crippen molar-refractivity contribution < 1.29 is 4.79 Å². The number of carbonyl (C=O) groups excluding carboxylic acids is 1. The van der Waals surface area contributed by atoms with Gasteiger partial charge in [0.2, 0.25) is 5.91 Å². The SMILES string of the molecule is CC(C)(C)C(=O)NCc1cn(C(C)(C)C)nn1. The summed E-state index contributed by atoms with van der Waals surface area (Å²) in [5.74, 6) is 0.0165. The van der Waals surface area contributed by atoms with Gasteiger partial charge in [-0.3, -0.25) is 4.79 Å². The Morgan fingerprint density at radius 1 is 1.29 bits per heavy atom. The molecular weight excluding hydrogens is 216 g/mol. The van der Waals surface area contributed by atoms with Crippen LogP contribution in [-0.2, 0) is 16.9 Å². The Morgan fingerprint density at radius 3 is 2.29 bits per heavy atom. The first-order chi connectivity index (χ1) is 7.60. The lowest BCUT2D eigenvalue weighted by Crippen LogP contribution is -2.34. The topological polar surface area (TPSA) is 59.8 Å². The zero-order chi connectivity index (χ0) is 13.3. The molecular formula is C12H22N4O. The van der Waals surface area contributed by atoms with E-state index < -0.39 is 0 Å². The number of amides is 1. The molecule has 0 fully saturated rings. The van der Waals surface area contributed by atoms with Gasteiger partial charge in [-0.2, -0.15) is 0 Å². The van der Waals surface area contributed by atoms with Gasteiger partial charge >= 0.3 is 0 Å². The van der Waals surface area contributed by atoms with Crippen LogP contribution in [0.4, 0.5) is 0 Å². The molecule has 0 aromatic carbocycles. The smallest absolute Gasteiger partial charge is 0.225 e. The van der Waals surface area contributed by atoms with Crippen molar-refractivity contribution in [3.8, 4) is 0 Å². The van der Waals surface area contributed by atoms with E-state index in [-0.39, 0.29) is 16.9 Å². The Bertz CT molecular complexity index is 395. The quantitative estimate of drug-likeness (QED) is 0.853. The molecule has 1 amide bonds. The van der Waals surface area contributed by atoms with Crippen molar-refractivity contribution in [2.45, 2.75) is 53.6 Å². The second kappa shape index (κ2) is 4.47. The summed E-state index contributed by atoms with van der Waals surface area (Å²) in [5, 5.41) is 10.9. The summed E-state index contributed by atoms with van der Waals surface area (Å²) in [6.45, 7) is 12.2. The molecule has 0 aliphatic heterocycles. The van der Waals surface area contributed by atoms with Crippen LogP contribution in [0.5, 0.6) is 0 Å². The van der Waals surface area contributed by atoms with Crippen molar-refractivity contribution in [2.75, 3.05) is 0 Å². The molecule has 0 aliphatic carbocycles. The van der Waals surface area contributed by atoms with E-state index in [1.807, 2.05) is 27.0 Å². The molecule has 5 nitrogen and oxygen atoms in total. The predicted octanol–water partition coefficient (Wildman–Crippen LogP) is 1.70. The average molecular weight is 238 g/mol. The molecule has 5 heteroatoms. The number of nitrogens with zero attached hydrogens (tertiary/aromatic N) is 3. The van der Waals surface area contributed by atoms with Crippen molar-refractivity contribution in [3.05, 3.63) is 11.9 Å². The highest BCUT2D eigenvalue weighted by molar-refractivity contribution is 5.81. The number of hydrogen-bond donors (Lipinski definition) is 1. The van der Waals surface area contributed by atoms with Gasteiger partial charge in [0.25, 0.3) is 0 Å². The molecule has 0 aliphatic rings. The van der Waals surface area contributed by atoms with Crippen molar-refractivity contribution in [2.24, 2.45) is 5.41 Å². The number of aromatic nitrogens is 3. The van der Waals surface area contributed by atoms with E-state index in [0.717, 1.165) is 5.69 Å². The fourth-order valence-corrected chi connectivity index (χ4v) is 1.14. The van der Waals surface area contributed by atoms with Gasteiger partial charge in [-0.15, -0.1) is 5.10 Å². The normalized spacial score (nSPS) is 12.6. The molecule has 1 heterocycles. The Balaban J connectivity index is 2.60. The molecule has 0 saturated heterocycles. The van der Waals surface area contributed by atoms with E-state index in [2.05, 4.69) is 36.4 Å². The molecule has 0 spiro atoms. The monoisotopic (exact) mass is 238 g/mol. The summed E-state index contributed by atoms with van der Waals surface area (Å²) < 4.78 is 1.80. The van der Waals surface area contributed by atoms with Crippen LogP contribution in [-0.4, -0.2) is 20.9 Å². The van der Waals surface area contributed by atoms with Gasteiger partial charge in [-0.25, -0.2) is 4.68 Å². The van der Waals surface area contributed by atoms with E-state index in [1.54, 1.807) is 4.68 Å². The third kappa shape index (κ3) is 3.84. The minimum absolute atomic E-state index is 0.0165. The molecule has 1 rings (SSSR count). The number of carbonyl (C=O) groups is 1. The zero-order valence-electron chi connectivity index (χ0n) is 11.5. The third-order valence-corrected chi connectivity index (χ3v) is 2.34. The number of nitrogens with one attached hydrogen (secondary N) is 1. The highest BCUT2D eigenvalue weighted by Gasteiger charge is 2.21. The van der Waals surface area contributed by atoms with Gasteiger partial charge in [0.05, 0.1) is 18.3 Å². The Morgan fingerprint density at radius 2 is 1.88 bits per heavy atom. The van der Waals surface area contributed by atoms with Gasteiger partial charge in [-0.05, 0) is 20.8 Å². The van der Waals surface area contributed by atoms with Gasteiger partial charge < -0.3 is 5.32 Å². The molecule has 1 aromatic heterocycles. The largest absolute Gasteiger partial charge is 0.350 e. The summed E-state index contributed by atoms with van der Waals surface area (Å²) in [6, 6.07) is 0. The van der Waals surface area contributed by atoms with Crippen LogP contribution in [0, 0.1) is 5.41 Å². The summed E-state index contributed by atoms with van der Waals surface area (Å²) in [6.07, 6.45) is 1.86. The highest BCUT2D eigenvalue weighted by Crippen LogP contribution is 2.14. The van der Waals surface area contributed by atoms with Crippen LogP contribution in [0.2, 0.25) is 0 Å². The van der Waals surface area contributed by atoms with Gasteiger partial charge in [0.1, 0.15) is 5.69 Å². The van der Waals surface area contributed by atoms with E-state index in [9.17, 15) is 4.79 Å². The van der Waals surface area contributed by atoms with Gasteiger partial charge in [-0.1, -0.05) is 26.0 Å². The van der Waals surface area contributed by atoms with Crippen molar-refractivity contribution >= 4 is 5.91 Å². The van der Waals surface area contributed by atoms with Crippen LogP contribution in [0.3, 0.4) is 0 Å². The van der Waals surface area contributed by atoms with E-state index in [4.69, 9.17) is 0 Å². The maximum absolute atomic E-state index is 11.7. The Kier molecular flexibility index (Phi) is 3.59. The molecule has 0 unspecified atom stereocenters. The number of hydrogen-bond acceptors (Lipinski definition) is 3. The lowest BCUT2D eigenvalue weighted by molar-refractivity contribution is -0.128. The molecule has 17 heavy (non-hydrogen) atoms. The molecule has 1 aromatic rings.